The van der Waals surface area contributed by atoms with Crippen molar-refractivity contribution in [3.63, 3.8) is 0 Å². The number of rotatable bonds is 7. The van der Waals surface area contributed by atoms with Crippen LogP contribution in [0.5, 0.6) is 5.75 Å². The Morgan fingerprint density at radius 1 is 1.26 bits per heavy atom. The van der Waals surface area contributed by atoms with Gasteiger partial charge in [0.1, 0.15) is 5.75 Å². The number of carbonyl (C=O) groups excluding carboxylic acids is 2. The Morgan fingerprint density at radius 2 is 2.04 bits per heavy atom. The molecule has 1 aliphatic rings. The van der Waals surface area contributed by atoms with Crippen LogP contribution < -0.4 is 15.4 Å². The summed E-state index contributed by atoms with van der Waals surface area (Å²) < 4.78 is 10.9. The van der Waals surface area contributed by atoms with Gasteiger partial charge >= 0.3 is 11.8 Å². The van der Waals surface area contributed by atoms with Gasteiger partial charge in [-0.3, -0.25) is 9.59 Å². The van der Waals surface area contributed by atoms with Crippen molar-refractivity contribution in [2.45, 2.75) is 38.7 Å². The van der Waals surface area contributed by atoms with Gasteiger partial charge in [0.05, 0.1) is 12.7 Å². The largest absolute Gasteiger partial charge is 0.494 e. The molecule has 0 spiro atoms. The van der Waals surface area contributed by atoms with Gasteiger partial charge in [0.2, 0.25) is 0 Å². The van der Waals surface area contributed by atoms with Crippen LogP contribution >= 0.6 is 0 Å². The summed E-state index contributed by atoms with van der Waals surface area (Å²) in [5.41, 5.74) is 0.560. The highest BCUT2D eigenvalue weighted by atomic mass is 16.5. The molecule has 0 aliphatic carbocycles. The maximum Gasteiger partial charge on any atom is 0.313 e. The molecule has 2 N–H and O–H groups in total. The van der Waals surface area contributed by atoms with Crippen molar-refractivity contribution in [3.05, 3.63) is 24.3 Å². The summed E-state index contributed by atoms with van der Waals surface area (Å²) in [7, 11) is 0. The van der Waals surface area contributed by atoms with Crippen LogP contribution in [0, 0.1) is 0 Å². The Kier molecular flexibility index (Phi) is 6.87. The highest BCUT2D eigenvalue weighted by Gasteiger charge is 2.19. The Bertz CT molecular complexity index is 510. The molecule has 6 nitrogen and oxygen atoms in total. The van der Waals surface area contributed by atoms with Gasteiger partial charge < -0.3 is 20.1 Å². The first-order chi connectivity index (χ1) is 11.2. The maximum atomic E-state index is 11.8. The highest BCUT2D eigenvalue weighted by Crippen LogP contribution is 2.16. The molecule has 1 atom stereocenters. The lowest BCUT2D eigenvalue weighted by atomic mass is 10.2. The van der Waals surface area contributed by atoms with Crippen LogP contribution in [0.3, 0.4) is 0 Å². The van der Waals surface area contributed by atoms with E-state index in [1.807, 2.05) is 0 Å². The molecule has 0 saturated carbocycles. The van der Waals surface area contributed by atoms with Crippen molar-refractivity contribution in [1.29, 1.82) is 0 Å². The van der Waals surface area contributed by atoms with E-state index < -0.39 is 11.8 Å². The summed E-state index contributed by atoms with van der Waals surface area (Å²) >= 11 is 0. The SMILES string of the molecule is CCCCOc1ccc(NC(=O)C(=O)NC[C@H]2CCCO2)cc1. The number of unbranched alkanes of at least 4 members (excludes halogenated alkanes) is 1. The molecule has 1 heterocycles. The molecule has 0 bridgehead atoms. The zero-order valence-electron chi connectivity index (χ0n) is 13.5. The topological polar surface area (TPSA) is 76.7 Å². The molecule has 1 fully saturated rings. The van der Waals surface area contributed by atoms with E-state index in [0.717, 1.165) is 38.0 Å². The van der Waals surface area contributed by atoms with E-state index in [1.165, 1.54) is 0 Å². The minimum Gasteiger partial charge on any atom is -0.494 e. The van der Waals surface area contributed by atoms with Crippen LogP contribution in [0.15, 0.2) is 24.3 Å². The van der Waals surface area contributed by atoms with Gasteiger partial charge in [0.25, 0.3) is 0 Å². The first-order valence-electron chi connectivity index (χ1n) is 8.12. The van der Waals surface area contributed by atoms with Gasteiger partial charge in [-0.15, -0.1) is 0 Å². The van der Waals surface area contributed by atoms with E-state index in [-0.39, 0.29) is 6.10 Å². The number of hydrogen-bond acceptors (Lipinski definition) is 4. The molecule has 1 saturated heterocycles. The summed E-state index contributed by atoms with van der Waals surface area (Å²) in [6.45, 7) is 3.87. The predicted octanol–water partition coefficient (Wildman–Crippen LogP) is 2.10. The predicted molar refractivity (Wildman–Crippen MR) is 87.5 cm³/mol. The lowest BCUT2D eigenvalue weighted by molar-refractivity contribution is -0.136. The van der Waals surface area contributed by atoms with Crippen molar-refractivity contribution in [1.82, 2.24) is 5.32 Å². The number of amides is 2. The number of carbonyl (C=O) groups is 2. The van der Waals surface area contributed by atoms with Gasteiger partial charge in [-0.05, 0) is 43.5 Å². The molecule has 0 aromatic heterocycles. The zero-order chi connectivity index (χ0) is 16.5. The molecule has 0 radical (unpaired) electrons. The number of hydrogen-bond donors (Lipinski definition) is 2. The Labute approximate surface area is 136 Å². The van der Waals surface area contributed by atoms with Crippen LogP contribution in [0.25, 0.3) is 0 Å². The number of ether oxygens (including phenoxy) is 2. The molecule has 2 amide bonds. The monoisotopic (exact) mass is 320 g/mol. The summed E-state index contributed by atoms with van der Waals surface area (Å²) in [5, 5.41) is 5.15. The lowest BCUT2D eigenvalue weighted by Crippen LogP contribution is -2.39. The molecular weight excluding hydrogens is 296 g/mol. The third-order valence-corrected chi connectivity index (χ3v) is 3.60. The molecular formula is C17H24N2O4. The van der Waals surface area contributed by atoms with E-state index in [1.54, 1.807) is 24.3 Å². The summed E-state index contributed by atoms with van der Waals surface area (Å²) in [6, 6.07) is 6.98. The third kappa shape index (κ3) is 5.90. The zero-order valence-corrected chi connectivity index (χ0v) is 13.5. The van der Waals surface area contributed by atoms with Crippen LogP contribution in [0.1, 0.15) is 32.6 Å². The average molecular weight is 320 g/mol. The molecule has 1 aromatic carbocycles. The summed E-state index contributed by atoms with van der Waals surface area (Å²) in [5.74, 6) is -0.578. The van der Waals surface area contributed by atoms with E-state index in [0.29, 0.717) is 18.8 Å². The van der Waals surface area contributed by atoms with Crippen molar-refractivity contribution >= 4 is 17.5 Å². The van der Waals surface area contributed by atoms with Crippen molar-refractivity contribution in [2.24, 2.45) is 0 Å². The second-order valence-electron chi connectivity index (χ2n) is 5.53. The lowest BCUT2D eigenvalue weighted by Gasteiger charge is -2.11. The van der Waals surface area contributed by atoms with E-state index >= 15 is 0 Å². The van der Waals surface area contributed by atoms with Crippen molar-refractivity contribution < 1.29 is 19.1 Å². The summed E-state index contributed by atoms with van der Waals surface area (Å²) in [6.07, 6.45) is 4.02. The van der Waals surface area contributed by atoms with Crippen LogP contribution in [-0.2, 0) is 14.3 Å². The first-order valence-corrected chi connectivity index (χ1v) is 8.12. The van der Waals surface area contributed by atoms with Crippen molar-refractivity contribution in [3.8, 4) is 5.75 Å². The first kappa shape index (κ1) is 17.3. The minimum absolute atomic E-state index is 0.0197. The fourth-order valence-corrected chi connectivity index (χ4v) is 2.25. The smallest absolute Gasteiger partial charge is 0.313 e. The average Bonchev–Trinajstić information content (AvgIpc) is 3.08. The number of nitrogens with one attached hydrogen (secondary N) is 2. The maximum absolute atomic E-state index is 11.8. The molecule has 1 aromatic rings. The van der Waals surface area contributed by atoms with Gasteiger partial charge in [-0.25, -0.2) is 0 Å². The number of benzene rings is 1. The van der Waals surface area contributed by atoms with E-state index in [9.17, 15) is 9.59 Å². The summed E-state index contributed by atoms with van der Waals surface area (Å²) in [4.78, 5) is 23.6. The standard InChI is InChI=1S/C17H24N2O4/c1-2-3-10-22-14-8-6-13(7-9-14)19-17(21)16(20)18-12-15-5-4-11-23-15/h6-9,15H,2-5,10-12H2,1H3,(H,18,20)(H,19,21)/t15-/m1/s1. The quantitative estimate of drug-likeness (QED) is 0.596. The third-order valence-electron chi connectivity index (χ3n) is 3.60. The van der Waals surface area contributed by atoms with Gasteiger partial charge in [-0.2, -0.15) is 0 Å². The fourth-order valence-electron chi connectivity index (χ4n) is 2.25. The van der Waals surface area contributed by atoms with Gasteiger partial charge in [-0.1, -0.05) is 13.3 Å². The van der Waals surface area contributed by atoms with E-state index in [2.05, 4.69) is 17.6 Å². The van der Waals surface area contributed by atoms with Gasteiger partial charge in [0.15, 0.2) is 0 Å². The second kappa shape index (κ2) is 9.15. The second-order valence-corrected chi connectivity index (χ2v) is 5.53. The van der Waals surface area contributed by atoms with Crippen LogP contribution in [0.2, 0.25) is 0 Å². The molecule has 126 valence electrons. The fraction of sp³-hybridized carbons (Fsp3) is 0.529. The molecule has 1 aliphatic heterocycles. The highest BCUT2D eigenvalue weighted by molar-refractivity contribution is 6.39. The molecule has 23 heavy (non-hydrogen) atoms. The Hall–Kier alpha value is -2.08. The Morgan fingerprint density at radius 3 is 2.70 bits per heavy atom. The molecule has 0 unspecified atom stereocenters. The molecule has 6 heteroatoms. The minimum atomic E-state index is -0.678. The van der Waals surface area contributed by atoms with Gasteiger partial charge in [0, 0.05) is 18.8 Å². The van der Waals surface area contributed by atoms with Crippen molar-refractivity contribution in [2.75, 3.05) is 25.1 Å². The Balaban J connectivity index is 1.74. The molecule has 2 rings (SSSR count). The van der Waals surface area contributed by atoms with E-state index in [4.69, 9.17) is 9.47 Å². The van der Waals surface area contributed by atoms with Crippen LogP contribution in [-0.4, -0.2) is 37.7 Å². The normalized spacial score (nSPS) is 16.8. The van der Waals surface area contributed by atoms with Crippen LogP contribution in [0.4, 0.5) is 5.69 Å². The number of anilines is 1.